The fraction of sp³-hybridized carbons (Fsp3) is 0.400. The van der Waals surface area contributed by atoms with Gasteiger partial charge in [-0.25, -0.2) is 4.79 Å². The Morgan fingerprint density at radius 1 is 1.24 bits per heavy atom. The predicted molar refractivity (Wildman–Crippen MR) is 98.0 cm³/mol. The third-order valence-corrected chi connectivity index (χ3v) is 4.83. The molecule has 5 heteroatoms. The lowest BCUT2D eigenvalue weighted by molar-refractivity contribution is 0.128. The zero-order valence-corrected chi connectivity index (χ0v) is 14.6. The lowest BCUT2D eigenvalue weighted by atomic mass is 9.99. The van der Waals surface area contributed by atoms with Crippen LogP contribution in [0.4, 0.5) is 4.79 Å². The van der Waals surface area contributed by atoms with Crippen molar-refractivity contribution in [2.24, 2.45) is 5.92 Å². The summed E-state index contributed by atoms with van der Waals surface area (Å²) in [5.41, 5.74) is 3.33. The van der Waals surface area contributed by atoms with Crippen molar-refractivity contribution in [3.05, 3.63) is 54.4 Å². The average molecular weight is 339 g/mol. The molecule has 25 heavy (non-hydrogen) atoms. The Balaban J connectivity index is 1.61. The van der Waals surface area contributed by atoms with E-state index in [-0.39, 0.29) is 24.6 Å². The van der Waals surface area contributed by atoms with E-state index in [2.05, 4.69) is 22.4 Å². The second-order valence-electron chi connectivity index (χ2n) is 6.67. The molecule has 1 aliphatic heterocycles. The fourth-order valence-corrected chi connectivity index (χ4v) is 3.27. The maximum absolute atomic E-state index is 12.5. The highest BCUT2D eigenvalue weighted by molar-refractivity contribution is 5.75. The Labute approximate surface area is 148 Å². The Kier molecular flexibility index (Phi) is 5.66. The van der Waals surface area contributed by atoms with Gasteiger partial charge in [0.05, 0.1) is 6.04 Å². The molecular formula is C20H25N3O2. The quantitative estimate of drug-likeness (QED) is 0.899. The number of amides is 2. The van der Waals surface area contributed by atoms with Gasteiger partial charge in [-0.1, -0.05) is 24.3 Å². The molecule has 132 valence electrons. The minimum atomic E-state index is -0.0616. The standard InChI is InChI=1S/C20H25N3O2/c1-15(22-20(25)23-12-2-3-16(13-23)14-24)17-4-6-18(7-5-17)19-8-10-21-11-9-19/h4-11,15-16,24H,2-3,12-14H2,1H3,(H,22,25). The van der Waals surface area contributed by atoms with Crippen LogP contribution in [0.25, 0.3) is 11.1 Å². The van der Waals surface area contributed by atoms with E-state index in [0.717, 1.165) is 36.1 Å². The minimum absolute atomic E-state index is 0.0520. The molecule has 2 atom stereocenters. The van der Waals surface area contributed by atoms with E-state index in [1.807, 2.05) is 36.1 Å². The molecular weight excluding hydrogens is 314 g/mol. The number of nitrogens with one attached hydrogen (secondary N) is 1. The summed E-state index contributed by atoms with van der Waals surface area (Å²) in [4.78, 5) is 18.3. The van der Waals surface area contributed by atoms with Crippen molar-refractivity contribution in [2.75, 3.05) is 19.7 Å². The third-order valence-electron chi connectivity index (χ3n) is 4.83. The van der Waals surface area contributed by atoms with Crippen molar-refractivity contribution in [1.82, 2.24) is 15.2 Å². The Morgan fingerprint density at radius 3 is 2.60 bits per heavy atom. The smallest absolute Gasteiger partial charge is 0.317 e. The zero-order valence-electron chi connectivity index (χ0n) is 14.6. The number of carbonyl (C=O) groups is 1. The summed E-state index contributed by atoms with van der Waals surface area (Å²) in [7, 11) is 0. The second kappa shape index (κ2) is 8.12. The second-order valence-corrected chi connectivity index (χ2v) is 6.67. The van der Waals surface area contributed by atoms with Gasteiger partial charge in [0.2, 0.25) is 0 Å². The molecule has 5 nitrogen and oxygen atoms in total. The number of benzene rings is 1. The van der Waals surface area contributed by atoms with Crippen LogP contribution in [-0.2, 0) is 0 Å². The molecule has 0 saturated carbocycles. The summed E-state index contributed by atoms with van der Waals surface area (Å²) in [6.45, 7) is 3.54. The molecule has 2 amide bonds. The van der Waals surface area contributed by atoms with Gasteiger partial charge in [0.1, 0.15) is 0 Å². The molecule has 0 aliphatic carbocycles. The van der Waals surface area contributed by atoms with Crippen LogP contribution in [0.2, 0.25) is 0 Å². The van der Waals surface area contributed by atoms with E-state index in [4.69, 9.17) is 0 Å². The van der Waals surface area contributed by atoms with Crippen LogP contribution in [0, 0.1) is 5.92 Å². The monoisotopic (exact) mass is 339 g/mol. The highest BCUT2D eigenvalue weighted by atomic mass is 16.3. The summed E-state index contributed by atoms with van der Waals surface area (Å²) in [5, 5.41) is 12.4. The number of piperidine rings is 1. The predicted octanol–water partition coefficient (Wildman–Crippen LogP) is 3.22. The number of likely N-dealkylation sites (tertiary alicyclic amines) is 1. The zero-order chi connectivity index (χ0) is 17.6. The fourth-order valence-electron chi connectivity index (χ4n) is 3.27. The number of nitrogens with zero attached hydrogens (tertiary/aromatic N) is 2. The van der Waals surface area contributed by atoms with Crippen LogP contribution in [0.15, 0.2) is 48.8 Å². The molecule has 1 saturated heterocycles. The molecule has 2 N–H and O–H groups in total. The molecule has 0 spiro atoms. The molecule has 2 heterocycles. The average Bonchev–Trinajstić information content (AvgIpc) is 2.68. The summed E-state index contributed by atoms with van der Waals surface area (Å²) in [6, 6.07) is 12.1. The first-order valence-corrected chi connectivity index (χ1v) is 8.84. The highest BCUT2D eigenvalue weighted by Gasteiger charge is 2.24. The minimum Gasteiger partial charge on any atom is -0.396 e. The van der Waals surface area contributed by atoms with Crippen LogP contribution >= 0.6 is 0 Å². The largest absolute Gasteiger partial charge is 0.396 e. The molecule has 2 unspecified atom stereocenters. The van der Waals surface area contributed by atoms with Crippen molar-refractivity contribution in [2.45, 2.75) is 25.8 Å². The van der Waals surface area contributed by atoms with Crippen molar-refractivity contribution >= 4 is 6.03 Å². The highest BCUT2D eigenvalue weighted by Crippen LogP contribution is 2.22. The van der Waals surface area contributed by atoms with Gasteiger partial charge in [-0.3, -0.25) is 4.98 Å². The van der Waals surface area contributed by atoms with Gasteiger partial charge in [-0.2, -0.15) is 0 Å². The Bertz CT molecular complexity index is 688. The molecule has 1 aromatic heterocycles. The number of hydrogen-bond acceptors (Lipinski definition) is 3. The van der Waals surface area contributed by atoms with Crippen molar-refractivity contribution in [1.29, 1.82) is 0 Å². The molecule has 1 aromatic carbocycles. The van der Waals surface area contributed by atoms with Gasteiger partial charge in [-0.05, 0) is 54.5 Å². The number of hydrogen-bond donors (Lipinski definition) is 2. The van der Waals surface area contributed by atoms with E-state index in [1.165, 1.54) is 0 Å². The molecule has 1 aliphatic rings. The van der Waals surface area contributed by atoms with Crippen LogP contribution < -0.4 is 5.32 Å². The number of aromatic nitrogens is 1. The van der Waals surface area contributed by atoms with Gasteiger partial charge in [0.15, 0.2) is 0 Å². The summed E-state index contributed by atoms with van der Waals surface area (Å²) >= 11 is 0. The number of carbonyl (C=O) groups excluding carboxylic acids is 1. The third kappa shape index (κ3) is 4.37. The van der Waals surface area contributed by atoms with Crippen LogP contribution in [0.3, 0.4) is 0 Å². The van der Waals surface area contributed by atoms with E-state index in [0.29, 0.717) is 6.54 Å². The molecule has 0 bridgehead atoms. The Hall–Kier alpha value is -2.40. The Morgan fingerprint density at radius 2 is 1.92 bits per heavy atom. The topological polar surface area (TPSA) is 65.5 Å². The van der Waals surface area contributed by atoms with Gasteiger partial charge in [0, 0.05) is 32.1 Å². The first-order valence-electron chi connectivity index (χ1n) is 8.84. The number of aliphatic hydroxyl groups is 1. The summed E-state index contributed by atoms with van der Waals surface area (Å²) < 4.78 is 0. The molecule has 3 rings (SSSR count). The first kappa shape index (κ1) is 17.4. The maximum atomic E-state index is 12.5. The van der Waals surface area contributed by atoms with E-state index in [1.54, 1.807) is 12.4 Å². The normalized spacial score (nSPS) is 18.6. The maximum Gasteiger partial charge on any atom is 0.317 e. The first-order chi connectivity index (χ1) is 12.2. The van der Waals surface area contributed by atoms with E-state index < -0.39 is 0 Å². The van der Waals surface area contributed by atoms with Crippen molar-refractivity contribution in [3.63, 3.8) is 0 Å². The van der Waals surface area contributed by atoms with Crippen LogP contribution in [0.1, 0.15) is 31.4 Å². The van der Waals surface area contributed by atoms with Crippen LogP contribution in [-0.4, -0.2) is 40.7 Å². The summed E-state index contributed by atoms with van der Waals surface area (Å²) in [6.07, 6.45) is 5.51. The van der Waals surface area contributed by atoms with Crippen LogP contribution in [0.5, 0.6) is 0 Å². The summed E-state index contributed by atoms with van der Waals surface area (Å²) in [5.74, 6) is 0.203. The van der Waals surface area contributed by atoms with Crippen molar-refractivity contribution < 1.29 is 9.90 Å². The lowest BCUT2D eigenvalue weighted by Crippen LogP contribution is -2.46. The van der Waals surface area contributed by atoms with Gasteiger partial charge in [-0.15, -0.1) is 0 Å². The molecule has 1 fully saturated rings. The van der Waals surface area contributed by atoms with Gasteiger partial charge in [0.25, 0.3) is 0 Å². The number of pyridine rings is 1. The SMILES string of the molecule is CC(NC(=O)N1CCCC(CO)C1)c1ccc(-c2ccncc2)cc1. The number of urea groups is 1. The van der Waals surface area contributed by atoms with E-state index >= 15 is 0 Å². The number of aliphatic hydroxyl groups excluding tert-OH is 1. The van der Waals surface area contributed by atoms with E-state index in [9.17, 15) is 9.90 Å². The van der Waals surface area contributed by atoms with Crippen molar-refractivity contribution in [3.8, 4) is 11.1 Å². The lowest BCUT2D eigenvalue weighted by Gasteiger charge is -2.32. The molecule has 2 aromatic rings. The van der Waals surface area contributed by atoms with Gasteiger partial charge < -0.3 is 15.3 Å². The van der Waals surface area contributed by atoms with Gasteiger partial charge >= 0.3 is 6.03 Å². The number of rotatable bonds is 4. The molecule has 0 radical (unpaired) electrons.